The summed E-state index contributed by atoms with van der Waals surface area (Å²) in [7, 11) is 0. The third-order valence-electron chi connectivity index (χ3n) is 4.29. The van der Waals surface area contributed by atoms with Gasteiger partial charge in [0, 0.05) is 36.4 Å². The molecule has 3 rings (SSSR count). The second-order valence-corrected chi connectivity index (χ2v) is 6.68. The number of nitrogens with one attached hydrogen (secondary N) is 2. The Hall–Kier alpha value is -2.04. The molecule has 2 N–H and O–H groups in total. The lowest BCUT2D eigenvalue weighted by Gasteiger charge is -2.17. The van der Waals surface area contributed by atoms with E-state index in [0.29, 0.717) is 10.7 Å². The number of anilines is 1. The van der Waals surface area contributed by atoms with Crippen LogP contribution in [0.25, 0.3) is 0 Å². The van der Waals surface area contributed by atoms with Gasteiger partial charge in [-0.2, -0.15) is 0 Å². The third-order valence-corrected chi connectivity index (χ3v) is 4.69. The van der Waals surface area contributed by atoms with Crippen molar-refractivity contribution in [3.63, 3.8) is 0 Å². The van der Waals surface area contributed by atoms with E-state index < -0.39 is 0 Å². The molecule has 1 fully saturated rings. The van der Waals surface area contributed by atoms with Crippen molar-refractivity contribution in [3.05, 3.63) is 64.7 Å². The molecule has 0 saturated carbocycles. The maximum atomic E-state index is 12.1. The number of urea groups is 1. The molecule has 5 heteroatoms. The molecule has 2 amide bonds. The summed E-state index contributed by atoms with van der Waals surface area (Å²) in [5.74, 6) is 0. The zero-order valence-electron chi connectivity index (χ0n) is 13.8. The molecule has 0 bridgehead atoms. The highest BCUT2D eigenvalue weighted by atomic mass is 35.5. The van der Waals surface area contributed by atoms with E-state index in [0.717, 1.165) is 31.6 Å². The summed E-state index contributed by atoms with van der Waals surface area (Å²) in [6.07, 6.45) is 0.967. The van der Waals surface area contributed by atoms with Gasteiger partial charge < -0.3 is 10.6 Å². The average molecular weight is 344 g/mol. The fraction of sp³-hybridized carbons (Fsp3) is 0.316. The van der Waals surface area contributed by atoms with Crippen molar-refractivity contribution in [1.82, 2.24) is 10.2 Å². The summed E-state index contributed by atoms with van der Waals surface area (Å²) >= 11 is 6.09. The lowest BCUT2D eigenvalue weighted by molar-refractivity contribution is 0.247. The monoisotopic (exact) mass is 343 g/mol. The number of amides is 2. The summed E-state index contributed by atoms with van der Waals surface area (Å²) in [6.45, 7) is 4.73. The SMILES string of the molecule is Cc1ccc(NC(=O)NC2CCN(Cc3ccccc3)C2)cc1Cl. The molecule has 1 saturated heterocycles. The Morgan fingerprint density at radius 2 is 2.04 bits per heavy atom. The van der Waals surface area contributed by atoms with Gasteiger partial charge in [-0.1, -0.05) is 48.0 Å². The minimum absolute atomic E-state index is 0.176. The first-order valence-corrected chi connectivity index (χ1v) is 8.58. The molecule has 1 heterocycles. The summed E-state index contributed by atoms with van der Waals surface area (Å²) < 4.78 is 0. The van der Waals surface area contributed by atoms with Crippen molar-refractivity contribution >= 4 is 23.3 Å². The number of aryl methyl sites for hydroxylation is 1. The smallest absolute Gasteiger partial charge is 0.319 e. The highest BCUT2D eigenvalue weighted by Gasteiger charge is 2.23. The van der Waals surface area contributed by atoms with Crippen LogP contribution in [0.5, 0.6) is 0 Å². The summed E-state index contributed by atoms with van der Waals surface area (Å²) in [4.78, 5) is 14.5. The third kappa shape index (κ3) is 4.49. The Morgan fingerprint density at radius 3 is 2.79 bits per heavy atom. The van der Waals surface area contributed by atoms with Crippen molar-refractivity contribution in [2.24, 2.45) is 0 Å². The fourth-order valence-electron chi connectivity index (χ4n) is 2.96. The second kappa shape index (κ2) is 7.69. The van der Waals surface area contributed by atoms with Crippen LogP contribution in [0, 0.1) is 6.92 Å². The predicted molar refractivity (Wildman–Crippen MR) is 98.5 cm³/mol. The quantitative estimate of drug-likeness (QED) is 0.879. The van der Waals surface area contributed by atoms with Crippen molar-refractivity contribution < 1.29 is 4.79 Å². The number of hydrogen-bond acceptors (Lipinski definition) is 2. The fourth-order valence-corrected chi connectivity index (χ4v) is 3.14. The van der Waals surface area contributed by atoms with Gasteiger partial charge >= 0.3 is 6.03 Å². The minimum atomic E-state index is -0.179. The van der Waals surface area contributed by atoms with E-state index in [1.807, 2.05) is 25.1 Å². The molecule has 4 nitrogen and oxygen atoms in total. The van der Waals surface area contributed by atoms with Gasteiger partial charge in [0.25, 0.3) is 0 Å². The molecule has 24 heavy (non-hydrogen) atoms. The molecule has 0 radical (unpaired) electrons. The maximum absolute atomic E-state index is 12.1. The molecular weight excluding hydrogens is 322 g/mol. The molecule has 1 aliphatic heterocycles. The topological polar surface area (TPSA) is 44.4 Å². The zero-order valence-corrected chi connectivity index (χ0v) is 14.5. The first-order chi connectivity index (χ1) is 11.6. The van der Waals surface area contributed by atoms with Crippen LogP contribution < -0.4 is 10.6 Å². The van der Waals surface area contributed by atoms with Crippen molar-refractivity contribution in [1.29, 1.82) is 0 Å². The number of likely N-dealkylation sites (tertiary alicyclic amines) is 1. The van der Waals surface area contributed by atoms with Crippen molar-refractivity contribution in [2.75, 3.05) is 18.4 Å². The van der Waals surface area contributed by atoms with E-state index in [9.17, 15) is 4.79 Å². The van der Waals surface area contributed by atoms with Gasteiger partial charge in [0.2, 0.25) is 0 Å². The largest absolute Gasteiger partial charge is 0.334 e. The van der Waals surface area contributed by atoms with E-state index in [4.69, 9.17) is 11.6 Å². The molecule has 2 aromatic rings. The number of carbonyl (C=O) groups excluding carboxylic acids is 1. The van der Waals surface area contributed by atoms with Gasteiger partial charge in [-0.25, -0.2) is 4.79 Å². The molecule has 0 spiro atoms. The zero-order chi connectivity index (χ0) is 16.9. The molecule has 126 valence electrons. The lowest BCUT2D eigenvalue weighted by Crippen LogP contribution is -2.39. The Morgan fingerprint density at radius 1 is 1.25 bits per heavy atom. The molecule has 2 aromatic carbocycles. The predicted octanol–water partition coefficient (Wildman–Crippen LogP) is 4.04. The molecule has 0 aliphatic carbocycles. The first-order valence-electron chi connectivity index (χ1n) is 8.20. The summed E-state index contributed by atoms with van der Waals surface area (Å²) in [5.41, 5.74) is 3.01. The molecule has 0 aromatic heterocycles. The van der Waals surface area contributed by atoms with Gasteiger partial charge in [0.05, 0.1) is 0 Å². The van der Waals surface area contributed by atoms with Crippen LogP contribution in [0.15, 0.2) is 48.5 Å². The van der Waals surface area contributed by atoms with Crippen LogP contribution in [-0.2, 0) is 6.54 Å². The molecule has 1 unspecified atom stereocenters. The van der Waals surface area contributed by atoms with Gasteiger partial charge in [-0.15, -0.1) is 0 Å². The van der Waals surface area contributed by atoms with Crippen LogP contribution in [0.2, 0.25) is 5.02 Å². The minimum Gasteiger partial charge on any atom is -0.334 e. The van der Waals surface area contributed by atoms with Crippen LogP contribution in [0.3, 0.4) is 0 Å². The molecular formula is C19H22ClN3O. The van der Waals surface area contributed by atoms with Gasteiger partial charge in [0.15, 0.2) is 0 Å². The second-order valence-electron chi connectivity index (χ2n) is 6.27. The van der Waals surface area contributed by atoms with Gasteiger partial charge in [0.1, 0.15) is 0 Å². The lowest BCUT2D eigenvalue weighted by atomic mass is 10.2. The number of rotatable bonds is 4. The van der Waals surface area contributed by atoms with Gasteiger partial charge in [-0.3, -0.25) is 4.90 Å². The Balaban J connectivity index is 1.48. The highest BCUT2D eigenvalue weighted by Crippen LogP contribution is 2.20. The number of carbonyl (C=O) groups is 1. The van der Waals surface area contributed by atoms with Crippen LogP contribution in [0.1, 0.15) is 17.5 Å². The van der Waals surface area contributed by atoms with E-state index in [-0.39, 0.29) is 12.1 Å². The van der Waals surface area contributed by atoms with E-state index in [2.05, 4.69) is 39.8 Å². The van der Waals surface area contributed by atoms with Gasteiger partial charge in [-0.05, 0) is 36.6 Å². The maximum Gasteiger partial charge on any atom is 0.319 e. The summed E-state index contributed by atoms with van der Waals surface area (Å²) in [6, 6.07) is 15.9. The van der Waals surface area contributed by atoms with E-state index in [1.165, 1.54) is 5.56 Å². The number of benzene rings is 2. The Labute approximate surface area is 147 Å². The molecule has 1 atom stereocenters. The van der Waals surface area contributed by atoms with Crippen LogP contribution in [-0.4, -0.2) is 30.1 Å². The first kappa shape index (κ1) is 16.8. The average Bonchev–Trinajstić information content (AvgIpc) is 2.99. The standard InChI is InChI=1S/C19H22ClN3O/c1-14-7-8-16(11-18(14)20)21-19(24)22-17-9-10-23(13-17)12-15-5-3-2-4-6-15/h2-8,11,17H,9-10,12-13H2,1H3,(H2,21,22,24). The Kier molecular flexibility index (Phi) is 5.38. The highest BCUT2D eigenvalue weighted by molar-refractivity contribution is 6.31. The number of halogens is 1. The number of nitrogens with zero attached hydrogens (tertiary/aromatic N) is 1. The van der Waals surface area contributed by atoms with Crippen LogP contribution in [0.4, 0.5) is 10.5 Å². The van der Waals surface area contributed by atoms with E-state index >= 15 is 0 Å². The Bertz CT molecular complexity index is 705. The summed E-state index contributed by atoms with van der Waals surface area (Å²) in [5, 5.41) is 6.55. The van der Waals surface area contributed by atoms with Crippen molar-refractivity contribution in [3.8, 4) is 0 Å². The van der Waals surface area contributed by atoms with E-state index in [1.54, 1.807) is 6.07 Å². The van der Waals surface area contributed by atoms with Crippen molar-refractivity contribution in [2.45, 2.75) is 25.9 Å². The normalized spacial score (nSPS) is 17.7. The molecule has 1 aliphatic rings. The van der Waals surface area contributed by atoms with Crippen LogP contribution >= 0.6 is 11.6 Å². The number of hydrogen-bond donors (Lipinski definition) is 2.